The van der Waals surface area contributed by atoms with Crippen LogP contribution in [0.2, 0.25) is 0 Å². The van der Waals surface area contributed by atoms with Crippen LogP contribution in [0.1, 0.15) is 5.56 Å². The molecule has 0 aliphatic heterocycles. The molecule has 0 aliphatic rings. The van der Waals surface area contributed by atoms with E-state index in [1.165, 1.54) is 16.3 Å². The van der Waals surface area contributed by atoms with Gasteiger partial charge in [0.15, 0.2) is 11.5 Å². The lowest BCUT2D eigenvalue weighted by Gasteiger charge is -2.13. The van der Waals surface area contributed by atoms with E-state index in [1.807, 2.05) is 6.07 Å². The Balaban J connectivity index is 2.55. The van der Waals surface area contributed by atoms with Crippen molar-refractivity contribution in [2.24, 2.45) is 0 Å². The molecule has 0 atom stereocenters. The van der Waals surface area contributed by atoms with Gasteiger partial charge in [-0.2, -0.15) is 0 Å². The molecule has 3 aromatic carbocycles. The molecule has 0 N–H and O–H groups in total. The van der Waals surface area contributed by atoms with E-state index in [0.717, 1.165) is 22.3 Å². The number of aryl methyl sites for hydroxylation is 1. The first-order chi connectivity index (χ1) is 9.26. The van der Waals surface area contributed by atoms with E-state index in [0.29, 0.717) is 0 Å². The van der Waals surface area contributed by atoms with E-state index in [4.69, 9.17) is 9.47 Å². The zero-order valence-electron chi connectivity index (χ0n) is 11.4. The van der Waals surface area contributed by atoms with Crippen LogP contribution in [-0.4, -0.2) is 14.2 Å². The van der Waals surface area contributed by atoms with Crippen LogP contribution < -0.4 is 9.47 Å². The van der Waals surface area contributed by atoms with Gasteiger partial charge in [0.05, 0.1) is 14.2 Å². The van der Waals surface area contributed by atoms with Gasteiger partial charge in [-0.15, -0.1) is 0 Å². The zero-order chi connectivity index (χ0) is 13.4. The topological polar surface area (TPSA) is 18.5 Å². The Morgan fingerprint density at radius 1 is 0.789 bits per heavy atom. The third-order valence-corrected chi connectivity index (χ3v) is 3.60. The Bertz CT molecular complexity index is 760. The molecule has 2 heteroatoms. The van der Waals surface area contributed by atoms with Crippen molar-refractivity contribution in [2.45, 2.75) is 6.92 Å². The molecule has 0 saturated carbocycles. The number of hydrogen-bond acceptors (Lipinski definition) is 2. The Morgan fingerprint density at radius 3 is 2.32 bits per heavy atom. The summed E-state index contributed by atoms with van der Waals surface area (Å²) in [5.41, 5.74) is 1.27. The van der Waals surface area contributed by atoms with Gasteiger partial charge in [-0.3, -0.25) is 0 Å². The van der Waals surface area contributed by atoms with Crippen molar-refractivity contribution in [3.63, 3.8) is 0 Å². The van der Waals surface area contributed by atoms with Crippen molar-refractivity contribution < 1.29 is 9.47 Å². The Morgan fingerprint density at radius 2 is 1.58 bits per heavy atom. The largest absolute Gasteiger partial charge is 0.493 e. The average molecular weight is 252 g/mol. The summed E-state index contributed by atoms with van der Waals surface area (Å²) in [6.07, 6.45) is 0. The highest BCUT2D eigenvalue weighted by Gasteiger charge is 2.12. The van der Waals surface area contributed by atoms with Crippen molar-refractivity contribution >= 4 is 21.5 Å². The first kappa shape index (κ1) is 11.8. The molecular weight excluding hydrogens is 236 g/mol. The summed E-state index contributed by atoms with van der Waals surface area (Å²) in [6.45, 7) is 2.13. The van der Waals surface area contributed by atoms with Gasteiger partial charge in [0.2, 0.25) is 0 Å². The molecule has 0 unspecified atom stereocenters. The predicted molar refractivity (Wildman–Crippen MR) is 79.3 cm³/mol. The lowest BCUT2D eigenvalue weighted by molar-refractivity contribution is 0.359. The molecule has 3 rings (SSSR count). The molecule has 0 bridgehead atoms. The minimum atomic E-state index is 0.768. The van der Waals surface area contributed by atoms with Crippen LogP contribution in [0.5, 0.6) is 11.5 Å². The van der Waals surface area contributed by atoms with E-state index < -0.39 is 0 Å². The summed E-state index contributed by atoms with van der Waals surface area (Å²) in [6, 6.07) is 14.6. The highest BCUT2D eigenvalue weighted by atomic mass is 16.5. The first-order valence-corrected chi connectivity index (χ1v) is 6.29. The van der Waals surface area contributed by atoms with Crippen LogP contribution in [0.3, 0.4) is 0 Å². The maximum atomic E-state index is 5.57. The van der Waals surface area contributed by atoms with Gasteiger partial charge in [0, 0.05) is 5.39 Å². The van der Waals surface area contributed by atoms with Gasteiger partial charge in [-0.05, 0) is 34.7 Å². The van der Waals surface area contributed by atoms with Crippen molar-refractivity contribution in [2.75, 3.05) is 14.2 Å². The number of ether oxygens (including phenoxy) is 2. The molecule has 2 nitrogen and oxygen atoms in total. The molecule has 0 aromatic heterocycles. The highest BCUT2D eigenvalue weighted by molar-refractivity contribution is 6.12. The van der Waals surface area contributed by atoms with Crippen LogP contribution in [0, 0.1) is 6.92 Å². The second-order valence-corrected chi connectivity index (χ2v) is 4.63. The molecule has 19 heavy (non-hydrogen) atoms. The molecule has 96 valence electrons. The van der Waals surface area contributed by atoms with E-state index in [2.05, 4.69) is 43.3 Å². The molecular formula is C17H16O2. The summed E-state index contributed by atoms with van der Waals surface area (Å²) >= 11 is 0. The molecule has 0 spiro atoms. The lowest BCUT2D eigenvalue weighted by atomic mass is 9.98. The van der Waals surface area contributed by atoms with Crippen molar-refractivity contribution in [1.29, 1.82) is 0 Å². The van der Waals surface area contributed by atoms with E-state index in [-0.39, 0.29) is 0 Å². The second-order valence-electron chi connectivity index (χ2n) is 4.63. The minimum absolute atomic E-state index is 0.768. The van der Waals surface area contributed by atoms with Crippen molar-refractivity contribution in [1.82, 2.24) is 0 Å². The van der Waals surface area contributed by atoms with Gasteiger partial charge in [-0.1, -0.05) is 36.4 Å². The van der Waals surface area contributed by atoms with Gasteiger partial charge in [0.25, 0.3) is 0 Å². The second kappa shape index (κ2) is 4.47. The third kappa shape index (κ3) is 1.72. The smallest absolute Gasteiger partial charge is 0.169 e. The summed E-state index contributed by atoms with van der Waals surface area (Å²) < 4.78 is 11.0. The lowest BCUT2D eigenvalue weighted by Crippen LogP contribution is -1.92. The number of rotatable bonds is 2. The van der Waals surface area contributed by atoms with Crippen LogP contribution in [-0.2, 0) is 0 Å². The fraction of sp³-hybridized carbons (Fsp3) is 0.176. The normalized spacial score (nSPS) is 10.9. The molecule has 0 aliphatic carbocycles. The summed E-state index contributed by atoms with van der Waals surface area (Å²) in [7, 11) is 3.35. The quantitative estimate of drug-likeness (QED) is 0.632. The van der Waals surface area contributed by atoms with Gasteiger partial charge < -0.3 is 9.47 Å². The van der Waals surface area contributed by atoms with E-state index in [9.17, 15) is 0 Å². The maximum absolute atomic E-state index is 5.57. The molecule has 0 amide bonds. The molecule has 0 saturated heterocycles. The van der Waals surface area contributed by atoms with E-state index >= 15 is 0 Å². The zero-order valence-corrected chi connectivity index (χ0v) is 11.4. The minimum Gasteiger partial charge on any atom is -0.493 e. The number of methoxy groups -OCH3 is 2. The maximum Gasteiger partial charge on any atom is 0.169 e. The van der Waals surface area contributed by atoms with Gasteiger partial charge >= 0.3 is 0 Å². The third-order valence-electron chi connectivity index (χ3n) is 3.60. The van der Waals surface area contributed by atoms with Crippen LogP contribution >= 0.6 is 0 Å². The fourth-order valence-electron chi connectivity index (χ4n) is 2.65. The van der Waals surface area contributed by atoms with E-state index in [1.54, 1.807) is 14.2 Å². The van der Waals surface area contributed by atoms with Crippen molar-refractivity contribution in [3.8, 4) is 11.5 Å². The van der Waals surface area contributed by atoms with Crippen LogP contribution in [0.4, 0.5) is 0 Å². The fourth-order valence-corrected chi connectivity index (χ4v) is 2.65. The number of hydrogen-bond donors (Lipinski definition) is 0. The van der Waals surface area contributed by atoms with Crippen LogP contribution in [0.15, 0.2) is 42.5 Å². The molecule has 0 fully saturated rings. The molecule has 0 heterocycles. The SMILES string of the molecule is COc1ccc2ccc3c(C)cccc3c2c1OC. The Kier molecular flexibility index (Phi) is 2.79. The summed E-state index contributed by atoms with van der Waals surface area (Å²) in [5.74, 6) is 1.57. The predicted octanol–water partition coefficient (Wildman–Crippen LogP) is 4.32. The number of fused-ring (bicyclic) bond motifs is 3. The standard InChI is InChI=1S/C17H16O2/c1-11-5-4-6-14-13(11)9-7-12-8-10-15(18-2)17(19-3)16(12)14/h4-10H,1-3H3. The van der Waals surface area contributed by atoms with Crippen molar-refractivity contribution in [3.05, 3.63) is 48.0 Å². The monoisotopic (exact) mass is 252 g/mol. The van der Waals surface area contributed by atoms with Crippen LogP contribution in [0.25, 0.3) is 21.5 Å². The first-order valence-electron chi connectivity index (χ1n) is 6.29. The molecule has 0 radical (unpaired) electrons. The Labute approximate surface area is 112 Å². The summed E-state index contributed by atoms with van der Waals surface area (Å²) in [5, 5.41) is 4.73. The highest BCUT2D eigenvalue weighted by Crippen LogP contribution is 2.39. The summed E-state index contributed by atoms with van der Waals surface area (Å²) in [4.78, 5) is 0. The Hall–Kier alpha value is -2.22. The number of benzene rings is 3. The van der Waals surface area contributed by atoms with Gasteiger partial charge in [0.1, 0.15) is 0 Å². The average Bonchev–Trinajstić information content (AvgIpc) is 2.45. The van der Waals surface area contributed by atoms with Gasteiger partial charge in [-0.25, -0.2) is 0 Å². The molecule has 3 aromatic rings.